The van der Waals surface area contributed by atoms with Crippen molar-refractivity contribution in [2.45, 2.75) is 49.7 Å². The first-order valence-corrected chi connectivity index (χ1v) is 16.0. The van der Waals surface area contributed by atoms with Gasteiger partial charge in [-0.3, -0.25) is 14.6 Å². The number of carbonyl (C=O) groups excluding carboxylic acids is 2. The number of hydroxylamine groups is 3. The van der Waals surface area contributed by atoms with Crippen LogP contribution in [0.25, 0.3) is 22.4 Å². The van der Waals surface area contributed by atoms with Gasteiger partial charge < -0.3 is 20.5 Å². The van der Waals surface area contributed by atoms with Gasteiger partial charge in [0, 0.05) is 36.2 Å². The summed E-state index contributed by atoms with van der Waals surface area (Å²) in [4.78, 5) is 31.3. The van der Waals surface area contributed by atoms with Crippen LogP contribution in [0.5, 0.6) is 0 Å². The van der Waals surface area contributed by atoms with Gasteiger partial charge in [-0.2, -0.15) is 13.2 Å². The molecule has 4 aromatic rings. The van der Waals surface area contributed by atoms with Crippen molar-refractivity contribution in [1.29, 1.82) is 0 Å². The molecule has 10 heteroatoms. The molecule has 2 N–H and O–H groups in total. The molecule has 0 unspecified atom stereocenters. The highest BCUT2D eigenvalue weighted by Crippen LogP contribution is 2.51. The van der Waals surface area contributed by atoms with E-state index in [-0.39, 0.29) is 18.4 Å². The smallest absolute Gasteiger partial charge is 0.405 e. The molecule has 1 aliphatic carbocycles. The molecule has 1 saturated heterocycles. The van der Waals surface area contributed by atoms with Crippen LogP contribution in [0.4, 0.5) is 13.2 Å². The van der Waals surface area contributed by atoms with Crippen LogP contribution in [0.2, 0.25) is 0 Å². The zero-order chi connectivity index (χ0) is 33.1. The topological polar surface area (TPSA) is 94.1 Å². The number of carbonyl (C=O) groups is 2. The Morgan fingerprint density at radius 1 is 0.830 bits per heavy atom. The molecule has 0 saturated carbocycles. The predicted molar refractivity (Wildman–Crippen MR) is 174 cm³/mol. The molecule has 6 rings (SSSR count). The standard InChI is InChI=1S/C37H37F3N4O3/c38-37(39,40)25-42-35(46)36(31-15-5-3-11-27(31)28-12-4-6-16-32(28)36)20-8-10-22-44(47)23-18-26(19-24-44)43-34(45)30-14-2-1-13-29(30)33-17-7-9-21-41-33/h1-7,9,11-17,21,26H,8,10,18-20,22-25H2,(H,42,46)(H,43,45). The third-order valence-electron chi connectivity index (χ3n) is 9.49. The van der Waals surface area contributed by atoms with Gasteiger partial charge in [-0.05, 0) is 59.7 Å². The van der Waals surface area contributed by atoms with Gasteiger partial charge in [0.05, 0.1) is 25.3 Å². The van der Waals surface area contributed by atoms with Crippen LogP contribution in [0.3, 0.4) is 0 Å². The van der Waals surface area contributed by atoms with E-state index in [0.29, 0.717) is 67.7 Å². The van der Waals surface area contributed by atoms with E-state index < -0.39 is 28.7 Å². The van der Waals surface area contributed by atoms with Gasteiger partial charge >= 0.3 is 6.18 Å². The first-order chi connectivity index (χ1) is 22.6. The third kappa shape index (κ3) is 6.80. The lowest BCUT2D eigenvalue weighted by atomic mass is 9.73. The monoisotopic (exact) mass is 642 g/mol. The predicted octanol–water partition coefficient (Wildman–Crippen LogP) is 6.77. The second-order valence-corrected chi connectivity index (χ2v) is 12.5. The van der Waals surface area contributed by atoms with E-state index in [1.54, 1.807) is 24.4 Å². The van der Waals surface area contributed by atoms with Gasteiger partial charge in [0.2, 0.25) is 5.91 Å². The Balaban J connectivity index is 1.09. The number of benzene rings is 3. The van der Waals surface area contributed by atoms with E-state index in [1.165, 1.54) is 0 Å². The number of nitrogens with one attached hydrogen (secondary N) is 2. The van der Waals surface area contributed by atoms with Crippen molar-refractivity contribution >= 4 is 11.8 Å². The molecule has 47 heavy (non-hydrogen) atoms. The lowest BCUT2D eigenvalue weighted by molar-refractivity contribution is -0.886. The quantitative estimate of drug-likeness (QED) is 0.113. The van der Waals surface area contributed by atoms with Gasteiger partial charge in [0.15, 0.2) is 0 Å². The molecular weight excluding hydrogens is 605 g/mol. The fraction of sp³-hybridized carbons (Fsp3) is 0.324. The average Bonchev–Trinajstić information content (AvgIpc) is 3.37. The maximum atomic E-state index is 13.7. The number of pyridine rings is 1. The summed E-state index contributed by atoms with van der Waals surface area (Å²) in [6.45, 7) is -0.400. The van der Waals surface area contributed by atoms with Crippen molar-refractivity contribution in [1.82, 2.24) is 15.6 Å². The highest BCUT2D eigenvalue weighted by molar-refractivity contribution is 6.01. The first-order valence-electron chi connectivity index (χ1n) is 16.0. The summed E-state index contributed by atoms with van der Waals surface area (Å²) in [7, 11) is 0. The highest BCUT2D eigenvalue weighted by atomic mass is 19.4. The van der Waals surface area contributed by atoms with Gasteiger partial charge in [-0.25, -0.2) is 0 Å². The highest BCUT2D eigenvalue weighted by Gasteiger charge is 2.49. The average molecular weight is 643 g/mol. The lowest BCUT2D eigenvalue weighted by Crippen LogP contribution is -2.53. The minimum atomic E-state index is -4.54. The zero-order valence-electron chi connectivity index (χ0n) is 25.9. The number of unbranched alkanes of at least 4 members (excludes halogenated alkanes) is 1. The maximum absolute atomic E-state index is 13.7. The number of nitrogens with zero attached hydrogens (tertiary/aromatic N) is 2. The number of fused-ring (bicyclic) bond motifs is 3. The summed E-state index contributed by atoms with van der Waals surface area (Å²) in [6, 6.07) is 27.5. The number of halogens is 3. The van der Waals surface area contributed by atoms with Crippen LogP contribution in [0, 0.1) is 5.21 Å². The Labute approximate surface area is 272 Å². The Bertz CT molecular complexity index is 1690. The molecular formula is C37H37F3N4O3. The Kier molecular flexibility index (Phi) is 9.16. The number of alkyl halides is 3. The van der Waals surface area contributed by atoms with Gasteiger partial charge in [-0.15, -0.1) is 0 Å². The van der Waals surface area contributed by atoms with Crippen molar-refractivity contribution in [3.63, 3.8) is 0 Å². The second kappa shape index (κ2) is 13.3. The van der Waals surface area contributed by atoms with Gasteiger partial charge in [0.1, 0.15) is 12.0 Å². The molecule has 2 aliphatic rings. The van der Waals surface area contributed by atoms with Crippen molar-refractivity contribution in [2.75, 3.05) is 26.2 Å². The second-order valence-electron chi connectivity index (χ2n) is 12.5. The summed E-state index contributed by atoms with van der Waals surface area (Å²) in [6.07, 6.45) is -0.520. The molecule has 1 aromatic heterocycles. The van der Waals surface area contributed by atoms with Crippen molar-refractivity contribution in [2.24, 2.45) is 0 Å². The number of rotatable bonds is 10. The van der Waals surface area contributed by atoms with E-state index in [0.717, 1.165) is 16.7 Å². The summed E-state index contributed by atoms with van der Waals surface area (Å²) < 4.78 is 39.1. The van der Waals surface area contributed by atoms with Crippen molar-refractivity contribution in [3.05, 3.63) is 119 Å². The van der Waals surface area contributed by atoms with E-state index in [2.05, 4.69) is 15.6 Å². The largest absolute Gasteiger partial charge is 0.633 e. The van der Waals surface area contributed by atoms with Gasteiger partial charge in [0.25, 0.3) is 5.91 Å². The number of amides is 2. The zero-order valence-corrected chi connectivity index (χ0v) is 25.9. The summed E-state index contributed by atoms with van der Waals surface area (Å²) in [5.74, 6) is -0.882. The number of quaternary nitrogens is 1. The maximum Gasteiger partial charge on any atom is 0.405 e. The molecule has 2 amide bonds. The molecule has 0 bridgehead atoms. The molecule has 7 nitrogen and oxygen atoms in total. The number of aromatic nitrogens is 1. The summed E-state index contributed by atoms with van der Waals surface area (Å²) in [5, 5.41) is 19.0. The van der Waals surface area contributed by atoms with Crippen LogP contribution in [-0.2, 0) is 10.2 Å². The van der Waals surface area contributed by atoms with Crippen LogP contribution in [0.15, 0.2) is 97.2 Å². The minimum absolute atomic E-state index is 0.133. The van der Waals surface area contributed by atoms with E-state index >= 15 is 0 Å². The summed E-state index contributed by atoms with van der Waals surface area (Å²) in [5.41, 5.74) is 3.75. The SMILES string of the molecule is O=C(NC1CC[N+]([O-])(CCCCC2(C(=O)NCC(F)(F)F)c3ccccc3-c3ccccc32)CC1)c1ccccc1-c1ccccn1. The number of likely N-dealkylation sites (tertiary alicyclic amines) is 1. The Morgan fingerprint density at radius 2 is 1.43 bits per heavy atom. The van der Waals surface area contributed by atoms with Crippen LogP contribution >= 0.6 is 0 Å². The fourth-order valence-electron chi connectivity index (χ4n) is 7.17. The number of hydrogen-bond donors (Lipinski definition) is 2. The molecule has 244 valence electrons. The molecule has 0 spiro atoms. The van der Waals surface area contributed by atoms with Crippen LogP contribution < -0.4 is 10.6 Å². The van der Waals surface area contributed by atoms with Crippen LogP contribution in [0.1, 0.15) is 53.6 Å². The molecule has 3 aromatic carbocycles. The van der Waals surface area contributed by atoms with E-state index in [1.807, 2.05) is 72.8 Å². The molecule has 0 radical (unpaired) electrons. The molecule has 1 fully saturated rings. The molecule has 0 atom stereocenters. The van der Waals surface area contributed by atoms with Gasteiger partial charge in [-0.1, -0.05) is 72.8 Å². The minimum Gasteiger partial charge on any atom is -0.633 e. The Hall–Kier alpha value is -4.54. The fourth-order valence-corrected chi connectivity index (χ4v) is 7.17. The van der Waals surface area contributed by atoms with E-state index in [9.17, 15) is 28.0 Å². The number of piperidine rings is 1. The van der Waals surface area contributed by atoms with Crippen LogP contribution in [-0.4, -0.2) is 59.8 Å². The first kappa shape index (κ1) is 32.4. The lowest BCUT2D eigenvalue weighted by Gasteiger charge is -2.47. The van der Waals surface area contributed by atoms with E-state index in [4.69, 9.17) is 0 Å². The van der Waals surface area contributed by atoms with Crippen molar-refractivity contribution in [3.8, 4) is 22.4 Å². The normalized spacial score (nSPS) is 19.8. The summed E-state index contributed by atoms with van der Waals surface area (Å²) >= 11 is 0. The molecule has 2 heterocycles. The molecule has 1 aliphatic heterocycles. The Morgan fingerprint density at radius 3 is 2.04 bits per heavy atom. The third-order valence-corrected chi connectivity index (χ3v) is 9.49. The van der Waals surface area contributed by atoms with Crippen molar-refractivity contribution < 1.29 is 27.4 Å². The number of hydrogen-bond acceptors (Lipinski definition) is 4.